The number of halogens is 1. The van der Waals surface area contributed by atoms with Gasteiger partial charge in [-0.15, -0.1) is 0 Å². The van der Waals surface area contributed by atoms with Gasteiger partial charge >= 0.3 is 0 Å². The summed E-state index contributed by atoms with van der Waals surface area (Å²) in [6.07, 6.45) is 5.98. The summed E-state index contributed by atoms with van der Waals surface area (Å²) in [6, 6.07) is 21.0. The summed E-state index contributed by atoms with van der Waals surface area (Å²) in [7, 11) is 1.82. The van der Waals surface area contributed by atoms with E-state index in [0.29, 0.717) is 35.8 Å². The molecule has 1 saturated heterocycles. The fourth-order valence-corrected chi connectivity index (χ4v) is 5.66. The number of benzene rings is 2. The van der Waals surface area contributed by atoms with Crippen molar-refractivity contribution < 1.29 is 9.59 Å². The number of hydrogen-bond donors (Lipinski definition) is 1. The van der Waals surface area contributed by atoms with Crippen molar-refractivity contribution in [2.45, 2.75) is 18.4 Å². The second-order valence-corrected chi connectivity index (χ2v) is 10.00. The molecule has 1 aliphatic rings. The summed E-state index contributed by atoms with van der Waals surface area (Å²) >= 11 is 6.34. The maximum Gasteiger partial charge on any atom is 0.270 e. The Kier molecular flexibility index (Phi) is 5.93. The van der Waals surface area contributed by atoms with Crippen molar-refractivity contribution >= 4 is 39.8 Å². The van der Waals surface area contributed by atoms with Gasteiger partial charge in [0, 0.05) is 48.2 Å². The zero-order chi connectivity index (χ0) is 25.5. The van der Waals surface area contributed by atoms with Gasteiger partial charge in [-0.1, -0.05) is 41.9 Å². The Hall–Kier alpha value is -4.10. The quantitative estimate of drug-likeness (QED) is 0.358. The molecule has 5 aromatic rings. The second kappa shape index (κ2) is 9.41. The van der Waals surface area contributed by atoms with Crippen LogP contribution in [-0.4, -0.2) is 62.2 Å². The molecule has 4 heterocycles. The van der Waals surface area contributed by atoms with Gasteiger partial charge in [0.25, 0.3) is 11.8 Å². The molecule has 0 radical (unpaired) electrons. The van der Waals surface area contributed by atoms with E-state index in [2.05, 4.69) is 16.0 Å². The smallest absolute Gasteiger partial charge is 0.270 e. The highest BCUT2D eigenvalue weighted by Gasteiger charge is 2.37. The molecule has 2 aromatic carbocycles. The minimum absolute atomic E-state index is 0.0341. The number of likely N-dealkylation sites (N-methyl/N-ethyl adjacent to an activating group) is 1. The molecule has 0 saturated carbocycles. The highest BCUT2D eigenvalue weighted by molar-refractivity contribution is 6.30. The van der Waals surface area contributed by atoms with Crippen LogP contribution in [0, 0.1) is 0 Å². The molecule has 8 heteroatoms. The summed E-state index contributed by atoms with van der Waals surface area (Å²) < 4.78 is 1.84. The first kappa shape index (κ1) is 23.3. The monoisotopic (exact) mass is 511 g/mol. The van der Waals surface area contributed by atoms with Crippen LogP contribution in [0.1, 0.15) is 38.7 Å². The Morgan fingerprint density at radius 1 is 1.08 bits per heavy atom. The predicted molar refractivity (Wildman–Crippen MR) is 144 cm³/mol. The Morgan fingerprint density at radius 3 is 2.78 bits per heavy atom. The van der Waals surface area contributed by atoms with Crippen molar-refractivity contribution in [2.75, 3.05) is 20.1 Å². The van der Waals surface area contributed by atoms with Gasteiger partial charge in [-0.2, -0.15) is 0 Å². The SMILES string of the molecule is CN(C(=O)c1cc2ccccc2[nH]1)[C@@H]1CN(C(=O)c2cccn3cncc23)CC[C@H]1c1cccc(Cl)c1. The van der Waals surface area contributed by atoms with E-state index in [1.54, 1.807) is 17.4 Å². The molecule has 186 valence electrons. The summed E-state index contributed by atoms with van der Waals surface area (Å²) in [5, 5.41) is 1.65. The van der Waals surface area contributed by atoms with E-state index >= 15 is 0 Å². The van der Waals surface area contributed by atoms with Crippen molar-refractivity contribution in [3.05, 3.63) is 107 Å². The average molecular weight is 512 g/mol. The Balaban J connectivity index is 1.34. The maximum absolute atomic E-state index is 13.7. The predicted octanol–water partition coefficient (Wildman–Crippen LogP) is 5.24. The topological polar surface area (TPSA) is 73.7 Å². The molecule has 1 fully saturated rings. The number of aromatic nitrogens is 3. The molecule has 0 bridgehead atoms. The second-order valence-electron chi connectivity index (χ2n) is 9.56. The molecule has 37 heavy (non-hydrogen) atoms. The van der Waals surface area contributed by atoms with Crippen LogP contribution in [0.4, 0.5) is 0 Å². The van der Waals surface area contributed by atoms with Crippen molar-refractivity contribution in [3.8, 4) is 0 Å². The number of carbonyl (C=O) groups is 2. The number of rotatable bonds is 4. The minimum atomic E-state index is -0.236. The Labute approximate surface area is 219 Å². The van der Waals surface area contributed by atoms with E-state index in [4.69, 9.17) is 11.6 Å². The van der Waals surface area contributed by atoms with E-state index in [0.717, 1.165) is 22.0 Å². The standard InChI is InChI=1S/C29H26ClN5O2/c1-33(29(37)25-15-20-6-2-3-10-24(20)32-25)27-17-34(13-11-22(27)19-7-4-8-21(30)14-19)28(36)23-9-5-12-35-18-31-16-26(23)35/h2-10,12,14-16,18,22,27,32H,11,13,17H2,1H3/t22-,27+/m0/s1. The van der Waals surface area contributed by atoms with Crippen LogP contribution in [-0.2, 0) is 0 Å². The minimum Gasteiger partial charge on any atom is -0.351 e. The largest absolute Gasteiger partial charge is 0.351 e. The van der Waals surface area contributed by atoms with Gasteiger partial charge in [0.2, 0.25) is 0 Å². The lowest BCUT2D eigenvalue weighted by Gasteiger charge is -2.43. The van der Waals surface area contributed by atoms with E-state index in [1.165, 1.54) is 0 Å². The molecule has 0 unspecified atom stereocenters. The zero-order valence-electron chi connectivity index (χ0n) is 20.3. The number of nitrogens with zero attached hydrogens (tertiary/aromatic N) is 4. The van der Waals surface area contributed by atoms with Crippen molar-refractivity contribution in [3.63, 3.8) is 0 Å². The summed E-state index contributed by atoms with van der Waals surface area (Å²) in [6.45, 7) is 0.990. The zero-order valence-corrected chi connectivity index (χ0v) is 21.1. The average Bonchev–Trinajstić information content (AvgIpc) is 3.58. The van der Waals surface area contributed by atoms with E-state index in [9.17, 15) is 9.59 Å². The first-order chi connectivity index (χ1) is 18.0. The molecular formula is C29H26ClN5O2. The number of H-pyrrole nitrogens is 1. The van der Waals surface area contributed by atoms with Crippen molar-refractivity contribution in [2.24, 2.45) is 0 Å². The fraction of sp³-hybridized carbons (Fsp3) is 0.207. The van der Waals surface area contributed by atoms with E-state index in [1.807, 2.05) is 83.2 Å². The Bertz CT molecular complexity index is 1590. The number of amides is 2. The third kappa shape index (κ3) is 4.25. The van der Waals surface area contributed by atoms with Gasteiger partial charge in [0.05, 0.1) is 29.6 Å². The first-order valence-corrected chi connectivity index (χ1v) is 12.7. The molecule has 3 aromatic heterocycles. The molecule has 1 N–H and O–H groups in total. The number of aromatic amines is 1. The summed E-state index contributed by atoms with van der Waals surface area (Å²) in [5.74, 6) is -0.139. The Morgan fingerprint density at radius 2 is 1.95 bits per heavy atom. The van der Waals surface area contributed by atoms with E-state index < -0.39 is 0 Å². The maximum atomic E-state index is 13.7. The normalized spacial score (nSPS) is 17.8. The third-order valence-electron chi connectivity index (χ3n) is 7.41. The van der Waals surface area contributed by atoms with E-state index in [-0.39, 0.29) is 23.8 Å². The molecule has 2 amide bonds. The number of hydrogen-bond acceptors (Lipinski definition) is 3. The van der Waals surface area contributed by atoms with Crippen molar-refractivity contribution in [1.29, 1.82) is 0 Å². The number of likely N-dealkylation sites (tertiary alicyclic amines) is 1. The van der Waals surface area contributed by atoms with Gasteiger partial charge in [0.1, 0.15) is 5.69 Å². The van der Waals surface area contributed by atoms with Gasteiger partial charge in [0.15, 0.2) is 0 Å². The van der Waals surface area contributed by atoms with Crippen molar-refractivity contribution in [1.82, 2.24) is 24.2 Å². The number of fused-ring (bicyclic) bond motifs is 2. The lowest BCUT2D eigenvalue weighted by Crippen LogP contribution is -2.53. The van der Waals surface area contributed by atoms with Crippen LogP contribution in [0.3, 0.4) is 0 Å². The van der Waals surface area contributed by atoms with Crippen LogP contribution in [0.5, 0.6) is 0 Å². The number of nitrogens with one attached hydrogen (secondary N) is 1. The number of carbonyl (C=O) groups excluding carboxylic acids is 2. The summed E-state index contributed by atoms with van der Waals surface area (Å²) in [4.78, 5) is 38.5. The van der Waals surface area contributed by atoms with Gasteiger partial charge in [-0.25, -0.2) is 4.98 Å². The molecule has 7 nitrogen and oxygen atoms in total. The fourth-order valence-electron chi connectivity index (χ4n) is 5.46. The molecule has 0 aliphatic carbocycles. The molecule has 0 spiro atoms. The van der Waals surface area contributed by atoms with Gasteiger partial charge < -0.3 is 19.2 Å². The van der Waals surface area contributed by atoms with Gasteiger partial charge in [-0.3, -0.25) is 9.59 Å². The van der Waals surface area contributed by atoms with Crippen LogP contribution >= 0.6 is 11.6 Å². The number of imidazole rings is 1. The molecular weight excluding hydrogens is 486 g/mol. The van der Waals surface area contributed by atoms with Crippen LogP contribution in [0.25, 0.3) is 16.4 Å². The first-order valence-electron chi connectivity index (χ1n) is 12.3. The van der Waals surface area contributed by atoms with Crippen LogP contribution in [0.15, 0.2) is 85.5 Å². The number of pyridine rings is 1. The molecule has 1 aliphatic heterocycles. The molecule has 6 rings (SSSR count). The number of piperidine rings is 1. The lowest BCUT2D eigenvalue weighted by atomic mass is 9.84. The van der Waals surface area contributed by atoms with Gasteiger partial charge in [-0.05, 0) is 48.4 Å². The summed E-state index contributed by atoms with van der Waals surface area (Å²) in [5.41, 5.74) is 3.88. The third-order valence-corrected chi connectivity index (χ3v) is 7.64. The lowest BCUT2D eigenvalue weighted by molar-refractivity contribution is 0.0474. The highest BCUT2D eigenvalue weighted by atomic mass is 35.5. The van der Waals surface area contributed by atoms with Crippen LogP contribution in [0.2, 0.25) is 5.02 Å². The van der Waals surface area contributed by atoms with Crippen LogP contribution < -0.4 is 0 Å². The number of para-hydroxylation sites is 1. The molecule has 2 atom stereocenters. The highest BCUT2D eigenvalue weighted by Crippen LogP contribution is 2.34.